The normalized spacial score (nSPS) is 14.8. The van der Waals surface area contributed by atoms with Gasteiger partial charge in [0.1, 0.15) is 0 Å². The van der Waals surface area contributed by atoms with Crippen LogP contribution in [0.15, 0.2) is 24.3 Å². The monoisotopic (exact) mass is 288 g/mol. The van der Waals surface area contributed by atoms with Crippen LogP contribution in [0.4, 0.5) is 0 Å². The summed E-state index contributed by atoms with van der Waals surface area (Å²) in [5, 5.41) is 0. The van der Waals surface area contributed by atoms with Crippen molar-refractivity contribution in [3.05, 3.63) is 24.3 Å². The molecule has 16 heavy (non-hydrogen) atoms. The highest BCUT2D eigenvalue weighted by Crippen LogP contribution is 2.20. The van der Waals surface area contributed by atoms with Crippen LogP contribution in [-0.2, 0) is 9.53 Å². The predicted molar refractivity (Wildman–Crippen MR) is 71.7 cm³/mol. The molecule has 0 amide bonds. The van der Waals surface area contributed by atoms with Gasteiger partial charge in [-0.15, -0.1) is 0 Å². The zero-order valence-electron chi connectivity index (χ0n) is 10.3. The van der Waals surface area contributed by atoms with Crippen LogP contribution in [0.3, 0.4) is 0 Å². The lowest BCUT2D eigenvalue weighted by atomic mass is 9.99. The summed E-state index contributed by atoms with van der Waals surface area (Å²) in [6.45, 7) is 8.12. The first-order chi connectivity index (χ1) is 7.47. The summed E-state index contributed by atoms with van der Waals surface area (Å²) in [5.41, 5.74) is 1.16. The largest absolute Gasteiger partial charge is 0.466 e. The second-order valence-electron chi connectivity index (χ2n) is 4.16. The third-order valence-electron chi connectivity index (χ3n) is 2.44. The van der Waals surface area contributed by atoms with E-state index in [0.29, 0.717) is 10.7 Å². The van der Waals surface area contributed by atoms with E-state index in [1.807, 2.05) is 13.0 Å². The number of ether oxygens (including phenoxy) is 1. The fourth-order valence-electron chi connectivity index (χ4n) is 1.26. The number of carbonyl (C=O) groups is 1. The van der Waals surface area contributed by atoms with Gasteiger partial charge in [-0.3, -0.25) is 0 Å². The molecule has 0 aliphatic heterocycles. The highest BCUT2D eigenvalue weighted by Gasteiger charge is 2.07. The zero-order valence-corrected chi connectivity index (χ0v) is 11.9. The Balaban J connectivity index is 3.74. The smallest absolute Gasteiger partial charge is 0.330 e. The van der Waals surface area contributed by atoms with Crippen LogP contribution < -0.4 is 0 Å². The lowest BCUT2D eigenvalue weighted by molar-refractivity contribution is -0.134. The number of hydrogen-bond donors (Lipinski definition) is 0. The van der Waals surface area contributed by atoms with Crippen molar-refractivity contribution < 1.29 is 9.53 Å². The second kappa shape index (κ2) is 8.57. The molecule has 3 heteroatoms. The van der Waals surface area contributed by atoms with E-state index in [4.69, 9.17) is 0 Å². The van der Waals surface area contributed by atoms with Gasteiger partial charge in [0.25, 0.3) is 0 Å². The fraction of sp³-hybridized carbons (Fsp3) is 0.615. The summed E-state index contributed by atoms with van der Waals surface area (Å²) < 4.78 is 4.52. The van der Waals surface area contributed by atoms with Gasteiger partial charge in [-0.2, -0.15) is 0 Å². The van der Waals surface area contributed by atoms with Crippen molar-refractivity contribution in [3.8, 4) is 0 Å². The lowest BCUT2D eigenvalue weighted by Gasteiger charge is -2.12. The molecule has 0 aromatic heterocycles. The number of rotatable bonds is 7. The Morgan fingerprint density at radius 1 is 1.50 bits per heavy atom. The molecular formula is C13H21BrO2. The third-order valence-corrected chi connectivity index (χ3v) is 3.68. The van der Waals surface area contributed by atoms with Gasteiger partial charge in [0.05, 0.1) is 7.11 Å². The van der Waals surface area contributed by atoms with Gasteiger partial charge in [-0.05, 0) is 32.1 Å². The molecule has 2 atom stereocenters. The van der Waals surface area contributed by atoms with Crippen molar-refractivity contribution in [1.29, 1.82) is 0 Å². The molecule has 0 radical (unpaired) electrons. The molecule has 0 aliphatic rings. The average molecular weight is 289 g/mol. The van der Waals surface area contributed by atoms with Gasteiger partial charge in [0.2, 0.25) is 0 Å². The summed E-state index contributed by atoms with van der Waals surface area (Å²) in [6.07, 6.45) is 6.48. The van der Waals surface area contributed by atoms with Gasteiger partial charge in [0.15, 0.2) is 0 Å². The van der Waals surface area contributed by atoms with Crippen molar-refractivity contribution in [3.63, 3.8) is 0 Å². The number of alkyl halides is 1. The fourth-order valence-corrected chi connectivity index (χ4v) is 1.52. The SMILES string of the molecule is C=C(C)C(Br)CCC(C)C/C=C/C(=O)OC. The summed E-state index contributed by atoms with van der Waals surface area (Å²) >= 11 is 3.58. The number of carbonyl (C=O) groups excluding carboxylic acids is 1. The molecule has 2 unspecified atom stereocenters. The van der Waals surface area contributed by atoms with Gasteiger partial charge in [-0.25, -0.2) is 4.79 Å². The van der Waals surface area contributed by atoms with E-state index in [0.717, 1.165) is 24.8 Å². The van der Waals surface area contributed by atoms with Gasteiger partial charge in [0, 0.05) is 10.9 Å². The number of esters is 1. The molecule has 0 aromatic carbocycles. The zero-order chi connectivity index (χ0) is 12.6. The summed E-state index contributed by atoms with van der Waals surface area (Å²) in [4.78, 5) is 11.2. The van der Waals surface area contributed by atoms with Crippen LogP contribution in [0.5, 0.6) is 0 Å². The minimum atomic E-state index is -0.285. The van der Waals surface area contributed by atoms with Crippen molar-refractivity contribution in [2.75, 3.05) is 7.11 Å². The molecular weight excluding hydrogens is 268 g/mol. The Hall–Kier alpha value is -0.570. The number of halogens is 1. The molecule has 2 nitrogen and oxygen atoms in total. The Morgan fingerprint density at radius 3 is 2.62 bits per heavy atom. The van der Waals surface area contributed by atoms with E-state index in [1.165, 1.54) is 13.2 Å². The third kappa shape index (κ3) is 7.69. The molecule has 0 aromatic rings. The van der Waals surface area contributed by atoms with Crippen LogP contribution >= 0.6 is 15.9 Å². The van der Waals surface area contributed by atoms with Crippen LogP contribution in [-0.4, -0.2) is 17.9 Å². The van der Waals surface area contributed by atoms with Gasteiger partial charge in [-0.1, -0.05) is 41.1 Å². The average Bonchev–Trinajstić information content (AvgIpc) is 2.25. The molecule has 0 N–H and O–H groups in total. The molecule has 92 valence electrons. The first-order valence-electron chi connectivity index (χ1n) is 5.51. The summed E-state index contributed by atoms with van der Waals surface area (Å²) in [6, 6.07) is 0. The minimum absolute atomic E-state index is 0.285. The molecule has 0 saturated carbocycles. The van der Waals surface area contributed by atoms with Crippen LogP contribution in [0.1, 0.15) is 33.1 Å². The Morgan fingerprint density at radius 2 is 2.12 bits per heavy atom. The van der Waals surface area contributed by atoms with E-state index in [9.17, 15) is 4.79 Å². The number of allylic oxidation sites excluding steroid dienone is 2. The van der Waals surface area contributed by atoms with Crippen molar-refractivity contribution in [1.82, 2.24) is 0 Å². The van der Waals surface area contributed by atoms with Gasteiger partial charge >= 0.3 is 5.97 Å². The van der Waals surface area contributed by atoms with Crippen molar-refractivity contribution in [2.45, 2.75) is 37.9 Å². The molecule has 0 spiro atoms. The van der Waals surface area contributed by atoms with E-state index < -0.39 is 0 Å². The first-order valence-corrected chi connectivity index (χ1v) is 6.42. The van der Waals surface area contributed by atoms with Crippen LogP contribution in [0.2, 0.25) is 0 Å². The topological polar surface area (TPSA) is 26.3 Å². The standard InChI is InChI=1S/C13H21BrO2/c1-10(2)12(14)9-8-11(3)6-5-7-13(15)16-4/h5,7,11-12H,1,6,8-9H2,2-4H3/b7-5+. The van der Waals surface area contributed by atoms with Crippen LogP contribution in [0.25, 0.3) is 0 Å². The summed E-state index contributed by atoms with van der Waals surface area (Å²) in [7, 11) is 1.39. The Labute approximate surface area is 107 Å². The molecule has 0 heterocycles. The Bertz CT molecular complexity index is 259. The number of methoxy groups -OCH3 is 1. The minimum Gasteiger partial charge on any atom is -0.466 e. The second-order valence-corrected chi connectivity index (χ2v) is 5.26. The first kappa shape index (κ1) is 15.4. The molecule has 0 bridgehead atoms. The van der Waals surface area contributed by atoms with Crippen LogP contribution in [0, 0.1) is 5.92 Å². The highest BCUT2D eigenvalue weighted by atomic mass is 79.9. The predicted octanol–water partition coefficient (Wildman–Crippen LogP) is 3.86. The van der Waals surface area contributed by atoms with E-state index in [2.05, 4.69) is 34.2 Å². The maximum atomic E-state index is 10.8. The van der Waals surface area contributed by atoms with E-state index in [1.54, 1.807) is 0 Å². The number of hydrogen-bond acceptors (Lipinski definition) is 2. The van der Waals surface area contributed by atoms with E-state index >= 15 is 0 Å². The molecule has 0 fully saturated rings. The van der Waals surface area contributed by atoms with E-state index in [-0.39, 0.29) is 5.97 Å². The highest BCUT2D eigenvalue weighted by molar-refractivity contribution is 9.09. The molecule has 0 saturated heterocycles. The maximum absolute atomic E-state index is 10.8. The molecule has 0 aliphatic carbocycles. The quantitative estimate of drug-likeness (QED) is 0.308. The van der Waals surface area contributed by atoms with Crippen molar-refractivity contribution >= 4 is 21.9 Å². The van der Waals surface area contributed by atoms with Gasteiger partial charge < -0.3 is 4.74 Å². The molecule has 0 rings (SSSR count). The van der Waals surface area contributed by atoms with Crippen molar-refractivity contribution in [2.24, 2.45) is 5.92 Å². The maximum Gasteiger partial charge on any atom is 0.330 e. The Kier molecular flexibility index (Phi) is 8.26. The summed E-state index contributed by atoms with van der Waals surface area (Å²) in [5.74, 6) is 0.285. The lowest BCUT2D eigenvalue weighted by Crippen LogP contribution is -2.02.